The SMILES string of the molecule is CCOc1ccccc1-c1nc(CC(=O)Nc2ccccc2C)cs1. The predicted molar refractivity (Wildman–Crippen MR) is 102 cm³/mol. The lowest BCUT2D eigenvalue weighted by molar-refractivity contribution is -0.115. The number of rotatable bonds is 6. The predicted octanol–water partition coefficient (Wildman–Crippen LogP) is 4.70. The summed E-state index contributed by atoms with van der Waals surface area (Å²) in [4.78, 5) is 16.9. The number of carbonyl (C=O) groups is 1. The van der Waals surface area contributed by atoms with Crippen molar-refractivity contribution in [3.05, 3.63) is 65.2 Å². The van der Waals surface area contributed by atoms with Gasteiger partial charge in [-0.1, -0.05) is 30.3 Å². The number of aromatic nitrogens is 1. The fourth-order valence-corrected chi connectivity index (χ4v) is 3.36. The van der Waals surface area contributed by atoms with E-state index in [9.17, 15) is 4.79 Å². The van der Waals surface area contributed by atoms with Crippen LogP contribution in [0.5, 0.6) is 5.75 Å². The molecule has 0 atom stereocenters. The molecule has 1 amide bonds. The summed E-state index contributed by atoms with van der Waals surface area (Å²) >= 11 is 1.52. The molecule has 3 aromatic rings. The number of ether oxygens (including phenoxy) is 1. The van der Waals surface area contributed by atoms with E-state index in [2.05, 4.69) is 10.3 Å². The fraction of sp³-hybridized carbons (Fsp3) is 0.200. The molecule has 3 rings (SSSR count). The van der Waals surface area contributed by atoms with Crippen LogP contribution in [0.25, 0.3) is 10.6 Å². The highest BCUT2D eigenvalue weighted by Gasteiger charge is 2.13. The van der Waals surface area contributed by atoms with Gasteiger partial charge in [-0.25, -0.2) is 4.98 Å². The smallest absolute Gasteiger partial charge is 0.230 e. The third-order valence-corrected chi connectivity index (χ3v) is 4.65. The van der Waals surface area contributed by atoms with Crippen molar-refractivity contribution < 1.29 is 9.53 Å². The number of hydrogen-bond acceptors (Lipinski definition) is 4. The zero-order chi connectivity index (χ0) is 17.6. The molecule has 1 N–H and O–H groups in total. The monoisotopic (exact) mass is 352 g/mol. The second kappa shape index (κ2) is 7.94. The van der Waals surface area contributed by atoms with Crippen LogP contribution in [-0.2, 0) is 11.2 Å². The van der Waals surface area contributed by atoms with E-state index < -0.39 is 0 Å². The van der Waals surface area contributed by atoms with Crippen molar-refractivity contribution in [3.8, 4) is 16.3 Å². The van der Waals surface area contributed by atoms with E-state index in [4.69, 9.17) is 4.74 Å². The summed E-state index contributed by atoms with van der Waals surface area (Å²) in [5, 5.41) is 5.73. The molecule has 5 heteroatoms. The molecule has 128 valence electrons. The molecule has 0 aliphatic heterocycles. The summed E-state index contributed by atoms with van der Waals surface area (Å²) in [7, 11) is 0. The van der Waals surface area contributed by atoms with Crippen molar-refractivity contribution in [2.75, 3.05) is 11.9 Å². The van der Waals surface area contributed by atoms with Gasteiger partial charge < -0.3 is 10.1 Å². The zero-order valence-electron chi connectivity index (χ0n) is 14.3. The first-order valence-corrected chi connectivity index (χ1v) is 9.07. The first kappa shape index (κ1) is 17.2. The minimum atomic E-state index is -0.0655. The van der Waals surface area contributed by atoms with Crippen LogP contribution in [0.4, 0.5) is 5.69 Å². The Bertz CT molecular complexity index is 873. The molecule has 0 spiro atoms. The van der Waals surface area contributed by atoms with Gasteiger partial charge >= 0.3 is 0 Å². The first-order chi connectivity index (χ1) is 12.2. The number of benzene rings is 2. The molecule has 1 aromatic heterocycles. The second-order valence-corrected chi connectivity index (χ2v) is 6.47. The Balaban J connectivity index is 1.72. The van der Waals surface area contributed by atoms with Gasteiger partial charge in [-0.3, -0.25) is 4.79 Å². The molecule has 0 saturated carbocycles. The number of nitrogens with one attached hydrogen (secondary N) is 1. The number of thiazole rings is 1. The Morgan fingerprint density at radius 1 is 1.16 bits per heavy atom. The molecular weight excluding hydrogens is 332 g/mol. The van der Waals surface area contributed by atoms with Crippen molar-refractivity contribution in [1.82, 2.24) is 4.98 Å². The highest BCUT2D eigenvalue weighted by atomic mass is 32.1. The molecule has 0 aliphatic rings. The van der Waals surface area contributed by atoms with Crippen LogP contribution in [0.1, 0.15) is 18.2 Å². The van der Waals surface area contributed by atoms with Gasteiger partial charge in [0, 0.05) is 11.1 Å². The lowest BCUT2D eigenvalue weighted by Gasteiger charge is -2.07. The highest BCUT2D eigenvalue weighted by Crippen LogP contribution is 2.32. The summed E-state index contributed by atoms with van der Waals surface area (Å²) in [6, 6.07) is 15.6. The quantitative estimate of drug-likeness (QED) is 0.700. The fourth-order valence-electron chi connectivity index (χ4n) is 2.51. The molecule has 0 fully saturated rings. The average molecular weight is 352 g/mol. The van der Waals surface area contributed by atoms with E-state index in [1.807, 2.05) is 67.8 Å². The van der Waals surface area contributed by atoms with Crippen molar-refractivity contribution in [3.63, 3.8) is 0 Å². The third-order valence-electron chi connectivity index (χ3n) is 3.73. The summed E-state index contributed by atoms with van der Waals surface area (Å²) < 4.78 is 5.66. The van der Waals surface area contributed by atoms with Gasteiger partial charge in [0.25, 0.3) is 0 Å². The largest absolute Gasteiger partial charge is 0.493 e. The molecule has 1 heterocycles. The first-order valence-electron chi connectivity index (χ1n) is 8.19. The van der Waals surface area contributed by atoms with Crippen LogP contribution in [0, 0.1) is 6.92 Å². The van der Waals surface area contributed by atoms with Crippen LogP contribution in [0.3, 0.4) is 0 Å². The molecule has 2 aromatic carbocycles. The number of hydrogen-bond donors (Lipinski definition) is 1. The molecule has 0 saturated heterocycles. The molecule has 0 aliphatic carbocycles. The Hall–Kier alpha value is -2.66. The van der Waals surface area contributed by atoms with Crippen molar-refractivity contribution in [2.45, 2.75) is 20.3 Å². The lowest BCUT2D eigenvalue weighted by atomic mass is 10.2. The molecule has 4 nitrogen and oxygen atoms in total. The van der Waals surface area contributed by atoms with Gasteiger partial charge in [0.15, 0.2) is 0 Å². The Morgan fingerprint density at radius 2 is 1.92 bits per heavy atom. The highest BCUT2D eigenvalue weighted by molar-refractivity contribution is 7.13. The normalized spacial score (nSPS) is 10.5. The minimum absolute atomic E-state index is 0.0655. The maximum absolute atomic E-state index is 12.3. The number of anilines is 1. The number of nitrogens with zero attached hydrogens (tertiary/aromatic N) is 1. The standard InChI is InChI=1S/C20H20N2O2S/c1-3-24-18-11-7-5-9-16(18)20-21-15(13-25-20)12-19(23)22-17-10-6-4-8-14(17)2/h4-11,13H,3,12H2,1-2H3,(H,22,23). The van der Waals surface area contributed by atoms with E-state index in [1.165, 1.54) is 11.3 Å². The van der Waals surface area contributed by atoms with Crippen LogP contribution in [0.2, 0.25) is 0 Å². The summed E-state index contributed by atoms with van der Waals surface area (Å²) in [6.45, 7) is 4.54. The Morgan fingerprint density at radius 3 is 2.72 bits per heavy atom. The number of para-hydroxylation sites is 2. The van der Waals surface area contributed by atoms with E-state index >= 15 is 0 Å². The molecule has 0 unspecified atom stereocenters. The Kier molecular flexibility index (Phi) is 5.46. The Labute approximate surface area is 151 Å². The van der Waals surface area contributed by atoms with Crippen molar-refractivity contribution >= 4 is 22.9 Å². The van der Waals surface area contributed by atoms with E-state index in [0.29, 0.717) is 6.61 Å². The lowest BCUT2D eigenvalue weighted by Crippen LogP contribution is -2.15. The van der Waals surface area contributed by atoms with Gasteiger partial charge in [0.1, 0.15) is 10.8 Å². The van der Waals surface area contributed by atoms with Crippen LogP contribution >= 0.6 is 11.3 Å². The van der Waals surface area contributed by atoms with E-state index in [1.54, 1.807) is 0 Å². The molecule has 25 heavy (non-hydrogen) atoms. The van der Waals surface area contributed by atoms with Crippen molar-refractivity contribution in [2.24, 2.45) is 0 Å². The summed E-state index contributed by atoms with van der Waals surface area (Å²) in [6.07, 6.45) is 0.252. The topological polar surface area (TPSA) is 51.2 Å². The van der Waals surface area contributed by atoms with Gasteiger partial charge in [0.05, 0.1) is 24.3 Å². The minimum Gasteiger partial charge on any atom is -0.493 e. The van der Waals surface area contributed by atoms with Crippen molar-refractivity contribution in [1.29, 1.82) is 0 Å². The number of amides is 1. The maximum atomic E-state index is 12.3. The molecule has 0 bridgehead atoms. The number of carbonyl (C=O) groups excluding carboxylic acids is 1. The van der Waals surface area contributed by atoms with Gasteiger partial charge in [-0.05, 0) is 37.6 Å². The summed E-state index contributed by atoms with van der Waals surface area (Å²) in [5.41, 5.74) is 3.60. The van der Waals surface area contributed by atoms with Crippen LogP contribution in [-0.4, -0.2) is 17.5 Å². The van der Waals surface area contributed by atoms with Crippen LogP contribution in [0.15, 0.2) is 53.9 Å². The van der Waals surface area contributed by atoms with E-state index in [0.717, 1.165) is 33.3 Å². The molecule has 0 radical (unpaired) electrons. The van der Waals surface area contributed by atoms with Gasteiger partial charge in [-0.2, -0.15) is 0 Å². The second-order valence-electron chi connectivity index (χ2n) is 5.61. The zero-order valence-corrected chi connectivity index (χ0v) is 15.1. The van der Waals surface area contributed by atoms with Gasteiger partial charge in [-0.15, -0.1) is 11.3 Å². The van der Waals surface area contributed by atoms with E-state index in [-0.39, 0.29) is 12.3 Å². The van der Waals surface area contributed by atoms with Crippen LogP contribution < -0.4 is 10.1 Å². The number of aryl methyl sites for hydroxylation is 1. The summed E-state index contributed by atoms with van der Waals surface area (Å²) in [5.74, 6) is 0.750. The van der Waals surface area contributed by atoms with Gasteiger partial charge in [0.2, 0.25) is 5.91 Å². The third kappa shape index (κ3) is 4.25. The average Bonchev–Trinajstić information content (AvgIpc) is 3.06. The maximum Gasteiger partial charge on any atom is 0.230 e. The molecular formula is C20H20N2O2S.